The fraction of sp³-hybridized carbons (Fsp3) is 0.650. The van der Waals surface area contributed by atoms with Crippen LogP contribution < -0.4 is 15.5 Å². The molecule has 0 saturated carbocycles. The van der Waals surface area contributed by atoms with Gasteiger partial charge >= 0.3 is 11.9 Å². The van der Waals surface area contributed by atoms with Crippen LogP contribution in [0.15, 0.2) is 16.9 Å². The van der Waals surface area contributed by atoms with Crippen molar-refractivity contribution in [1.82, 2.24) is 25.0 Å². The minimum atomic E-state index is -3.18. The van der Waals surface area contributed by atoms with Gasteiger partial charge < -0.3 is 30.1 Å². The first kappa shape index (κ1) is 23.2. The Bertz CT molecular complexity index is 944. The van der Waals surface area contributed by atoms with Crippen LogP contribution in [-0.4, -0.2) is 87.4 Å². The molecule has 33 heavy (non-hydrogen) atoms. The SMILES string of the molecule is CC(F)(F)c1noc(N2CCC(N(CCO)C(=O)c3cnc(N4CC[C@@H](N)C4)nc3)CC2)n1. The Morgan fingerprint density at radius 3 is 2.45 bits per heavy atom. The van der Waals surface area contributed by atoms with E-state index in [1.54, 1.807) is 9.80 Å². The first-order chi connectivity index (χ1) is 15.8. The van der Waals surface area contributed by atoms with E-state index in [2.05, 4.69) is 20.1 Å². The van der Waals surface area contributed by atoms with E-state index in [1.807, 2.05) is 4.90 Å². The second-order valence-electron chi connectivity index (χ2n) is 8.50. The molecule has 2 aliphatic heterocycles. The highest BCUT2D eigenvalue weighted by molar-refractivity contribution is 5.94. The van der Waals surface area contributed by atoms with E-state index in [-0.39, 0.29) is 37.2 Å². The van der Waals surface area contributed by atoms with Crippen LogP contribution in [0.1, 0.15) is 42.4 Å². The van der Waals surface area contributed by atoms with Gasteiger partial charge in [-0.15, -0.1) is 0 Å². The smallest absolute Gasteiger partial charge is 0.324 e. The van der Waals surface area contributed by atoms with Gasteiger partial charge in [-0.05, 0) is 19.3 Å². The van der Waals surface area contributed by atoms with E-state index in [0.29, 0.717) is 50.9 Å². The number of carbonyl (C=O) groups is 1. The quantitative estimate of drug-likeness (QED) is 0.597. The van der Waals surface area contributed by atoms with E-state index in [4.69, 9.17) is 10.3 Å². The van der Waals surface area contributed by atoms with E-state index in [0.717, 1.165) is 13.0 Å². The van der Waals surface area contributed by atoms with Crippen LogP contribution in [-0.2, 0) is 5.92 Å². The van der Waals surface area contributed by atoms with E-state index in [1.165, 1.54) is 12.4 Å². The molecule has 0 radical (unpaired) electrons. The van der Waals surface area contributed by atoms with Crippen molar-refractivity contribution in [2.75, 3.05) is 49.1 Å². The molecule has 0 bridgehead atoms. The van der Waals surface area contributed by atoms with Crippen LogP contribution in [0.2, 0.25) is 0 Å². The van der Waals surface area contributed by atoms with Crippen molar-refractivity contribution in [2.45, 2.75) is 44.2 Å². The summed E-state index contributed by atoms with van der Waals surface area (Å²) in [5.74, 6) is -3.56. The van der Waals surface area contributed by atoms with Crippen molar-refractivity contribution in [2.24, 2.45) is 5.73 Å². The van der Waals surface area contributed by atoms with Gasteiger partial charge in [0.2, 0.25) is 11.8 Å². The maximum atomic E-state index is 13.4. The first-order valence-corrected chi connectivity index (χ1v) is 11.0. The maximum absolute atomic E-state index is 13.4. The van der Waals surface area contributed by atoms with Crippen LogP contribution in [0.4, 0.5) is 20.7 Å². The highest BCUT2D eigenvalue weighted by Gasteiger charge is 2.34. The van der Waals surface area contributed by atoms with Gasteiger partial charge in [-0.2, -0.15) is 13.8 Å². The average molecular weight is 466 g/mol. The number of hydrogen-bond acceptors (Lipinski definition) is 10. The van der Waals surface area contributed by atoms with Gasteiger partial charge in [0.1, 0.15) is 0 Å². The lowest BCUT2D eigenvalue weighted by atomic mass is 10.0. The van der Waals surface area contributed by atoms with Gasteiger partial charge in [0.05, 0.1) is 12.2 Å². The van der Waals surface area contributed by atoms with Gasteiger partial charge in [-0.3, -0.25) is 4.79 Å². The summed E-state index contributed by atoms with van der Waals surface area (Å²) in [4.78, 5) is 30.9. The summed E-state index contributed by atoms with van der Waals surface area (Å²) >= 11 is 0. The van der Waals surface area contributed by atoms with Crippen LogP contribution in [0.3, 0.4) is 0 Å². The summed E-state index contributed by atoms with van der Waals surface area (Å²) in [6, 6.07) is -0.0131. The third-order valence-electron chi connectivity index (χ3n) is 5.98. The molecule has 4 rings (SSSR count). The average Bonchev–Trinajstić information content (AvgIpc) is 3.47. The molecule has 2 fully saturated rings. The third kappa shape index (κ3) is 5.19. The van der Waals surface area contributed by atoms with Gasteiger partial charge in [-0.25, -0.2) is 9.97 Å². The molecular formula is C20H28F2N8O3. The number of nitrogens with two attached hydrogens (primary N) is 1. The number of alkyl halides is 2. The second kappa shape index (κ2) is 9.51. The highest BCUT2D eigenvalue weighted by Crippen LogP contribution is 2.28. The molecular weight excluding hydrogens is 438 g/mol. The molecule has 11 nitrogen and oxygen atoms in total. The first-order valence-electron chi connectivity index (χ1n) is 11.0. The lowest BCUT2D eigenvalue weighted by Gasteiger charge is -2.37. The number of aromatic nitrogens is 4. The second-order valence-corrected chi connectivity index (χ2v) is 8.50. The normalized spacial score (nSPS) is 19.8. The van der Waals surface area contributed by atoms with Crippen LogP contribution >= 0.6 is 0 Å². The largest absolute Gasteiger partial charge is 0.395 e. The summed E-state index contributed by atoms with van der Waals surface area (Å²) in [6.07, 6.45) is 4.98. The van der Waals surface area contributed by atoms with Gasteiger partial charge in [0.15, 0.2) is 0 Å². The monoisotopic (exact) mass is 466 g/mol. The number of amides is 1. The summed E-state index contributed by atoms with van der Waals surface area (Å²) in [5, 5.41) is 12.9. The van der Waals surface area contributed by atoms with Crippen molar-refractivity contribution < 1.29 is 23.2 Å². The molecule has 2 aromatic heterocycles. The summed E-state index contributed by atoms with van der Waals surface area (Å²) in [7, 11) is 0. The minimum absolute atomic E-state index is 0.0376. The topological polar surface area (TPSA) is 138 Å². The molecule has 4 heterocycles. The number of piperidine rings is 1. The number of halogens is 2. The molecule has 0 spiro atoms. The molecule has 2 aliphatic rings. The van der Waals surface area contributed by atoms with Crippen LogP contribution in [0, 0.1) is 0 Å². The molecule has 0 aliphatic carbocycles. The number of rotatable bonds is 7. The zero-order valence-corrected chi connectivity index (χ0v) is 18.4. The fourth-order valence-corrected chi connectivity index (χ4v) is 4.18. The van der Waals surface area contributed by atoms with E-state index in [9.17, 15) is 18.7 Å². The zero-order chi connectivity index (χ0) is 23.6. The molecule has 2 saturated heterocycles. The Labute approximate surface area is 189 Å². The maximum Gasteiger partial charge on any atom is 0.324 e. The molecule has 1 atom stereocenters. The standard InChI is InChI=1S/C20H28F2N8O3/c1-20(21,22)17-26-19(33-27-17)28-6-3-15(4-7-28)30(8-9-31)16(32)13-10-24-18(25-11-13)29-5-2-14(23)12-29/h10-11,14-15,31H,2-9,12,23H2,1H3/t14-/m1/s1. The van der Waals surface area contributed by atoms with E-state index < -0.39 is 11.7 Å². The predicted octanol–water partition coefficient (Wildman–Crippen LogP) is 0.612. The molecule has 3 N–H and O–H groups in total. The van der Waals surface area contributed by atoms with E-state index >= 15 is 0 Å². The Morgan fingerprint density at radius 1 is 1.24 bits per heavy atom. The molecule has 2 aromatic rings. The fourth-order valence-electron chi connectivity index (χ4n) is 4.18. The van der Waals surface area contributed by atoms with Crippen molar-refractivity contribution in [1.29, 1.82) is 0 Å². The zero-order valence-electron chi connectivity index (χ0n) is 18.4. The number of anilines is 2. The van der Waals surface area contributed by atoms with Gasteiger partial charge in [0, 0.05) is 64.1 Å². The molecule has 180 valence electrons. The number of aliphatic hydroxyl groups is 1. The Morgan fingerprint density at radius 2 is 1.91 bits per heavy atom. The lowest BCUT2D eigenvalue weighted by Crippen LogP contribution is -2.48. The Kier molecular flexibility index (Phi) is 6.70. The number of nitrogens with zero attached hydrogens (tertiary/aromatic N) is 7. The van der Waals surface area contributed by atoms with Gasteiger partial charge in [0.25, 0.3) is 5.91 Å². The highest BCUT2D eigenvalue weighted by atomic mass is 19.3. The number of carbonyl (C=O) groups excluding carboxylic acids is 1. The summed E-state index contributed by atoms with van der Waals surface area (Å²) in [6.45, 7) is 3.04. The lowest BCUT2D eigenvalue weighted by molar-refractivity contribution is 0.00558. The van der Waals surface area contributed by atoms with Crippen molar-refractivity contribution in [3.8, 4) is 0 Å². The number of hydrogen-bond donors (Lipinski definition) is 2. The molecule has 1 amide bonds. The molecule has 0 aromatic carbocycles. The Hall–Kier alpha value is -2.93. The Balaban J connectivity index is 1.39. The molecule has 0 unspecified atom stereocenters. The van der Waals surface area contributed by atoms with Crippen LogP contribution in [0.5, 0.6) is 0 Å². The predicted molar refractivity (Wildman–Crippen MR) is 114 cm³/mol. The van der Waals surface area contributed by atoms with Crippen LogP contribution in [0.25, 0.3) is 0 Å². The summed E-state index contributed by atoms with van der Waals surface area (Å²) in [5.41, 5.74) is 6.27. The third-order valence-corrected chi connectivity index (χ3v) is 5.98. The minimum Gasteiger partial charge on any atom is -0.395 e. The summed E-state index contributed by atoms with van der Waals surface area (Å²) < 4.78 is 31.7. The molecule has 13 heteroatoms. The van der Waals surface area contributed by atoms with Gasteiger partial charge in [-0.1, -0.05) is 5.16 Å². The van der Waals surface area contributed by atoms with Crippen molar-refractivity contribution in [3.05, 3.63) is 23.8 Å². The van der Waals surface area contributed by atoms with Crippen molar-refractivity contribution >= 4 is 17.9 Å². The number of aliphatic hydroxyl groups excluding tert-OH is 1. The van der Waals surface area contributed by atoms with Crippen molar-refractivity contribution in [3.63, 3.8) is 0 Å².